The van der Waals surface area contributed by atoms with Crippen LogP contribution in [0, 0.1) is 0 Å². The Morgan fingerprint density at radius 3 is 2.44 bits per heavy atom. The molecule has 0 atom stereocenters. The molecular weight excluding hydrogens is 203 g/mol. The summed E-state index contributed by atoms with van der Waals surface area (Å²) >= 11 is 0. The van der Waals surface area contributed by atoms with E-state index in [2.05, 4.69) is 6.58 Å². The zero-order valence-electron chi connectivity index (χ0n) is 9.30. The van der Waals surface area contributed by atoms with Crippen molar-refractivity contribution in [1.82, 2.24) is 0 Å². The predicted molar refractivity (Wildman–Crippen MR) is 65.8 cm³/mol. The molecule has 0 aliphatic carbocycles. The van der Waals surface area contributed by atoms with Crippen molar-refractivity contribution in [1.29, 1.82) is 0 Å². The minimum atomic E-state index is -1.42. The molecule has 0 saturated heterocycles. The molecule has 16 heavy (non-hydrogen) atoms. The van der Waals surface area contributed by atoms with Crippen molar-refractivity contribution >= 4 is 12.6 Å². The van der Waals surface area contributed by atoms with Gasteiger partial charge >= 0.3 is 7.12 Å². The zero-order chi connectivity index (χ0) is 11.8. The van der Waals surface area contributed by atoms with Gasteiger partial charge in [-0.25, -0.2) is 0 Å². The monoisotopic (exact) mass is 220 g/mol. The van der Waals surface area contributed by atoms with Crippen molar-refractivity contribution in [3.63, 3.8) is 0 Å². The highest BCUT2D eigenvalue weighted by Gasteiger charge is 2.09. The van der Waals surface area contributed by atoms with Gasteiger partial charge in [0.15, 0.2) is 0 Å². The number of benzene rings is 1. The smallest absolute Gasteiger partial charge is 0.488 e. The number of allylic oxidation sites excluding steroid dienone is 1. The fourth-order valence-electron chi connectivity index (χ4n) is 1.32. The highest BCUT2D eigenvalue weighted by atomic mass is 16.5. The van der Waals surface area contributed by atoms with Crippen LogP contribution in [-0.2, 0) is 0 Å². The van der Waals surface area contributed by atoms with Crippen molar-refractivity contribution in [2.75, 3.05) is 6.61 Å². The third-order valence-electron chi connectivity index (χ3n) is 2.25. The summed E-state index contributed by atoms with van der Waals surface area (Å²) in [5.74, 6) is 0.753. The molecule has 0 bridgehead atoms. The Labute approximate surface area is 96.5 Å². The van der Waals surface area contributed by atoms with Gasteiger partial charge in [-0.3, -0.25) is 0 Å². The Kier molecular flexibility index (Phi) is 5.68. The van der Waals surface area contributed by atoms with E-state index in [1.54, 1.807) is 24.3 Å². The molecule has 0 aliphatic heterocycles. The minimum Gasteiger partial charge on any atom is -0.494 e. The first-order valence-electron chi connectivity index (χ1n) is 5.44. The van der Waals surface area contributed by atoms with Gasteiger partial charge in [-0.15, -0.1) is 6.58 Å². The lowest BCUT2D eigenvalue weighted by atomic mass is 9.80. The second kappa shape index (κ2) is 7.09. The van der Waals surface area contributed by atoms with E-state index in [0.717, 1.165) is 25.0 Å². The second-order valence-corrected chi connectivity index (χ2v) is 3.58. The number of hydrogen-bond donors (Lipinski definition) is 2. The summed E-state index contributed by atoms with van der Waals surface area (Å²) in [5, 5.41) is 17.8. The SMILES string of the molecule is C=CCCCCOc1ccc(B(O)O)cc1. The van der Waals surface area contributed by atoms with Crippen molar-refractivity contribution in [3.8, 4) is 5.75 Å². The fourth-order valence-corrected chi connectivity index (χ4v) is 1.32. The van der Waals surface area contributed by atoms with Crippen LogP contribution in [0.25, 0.3) is 0 Å². The van der Waals surface area contributed by atoms with Gasteiger partial charge in [0.1, 0.15) is 5.75 Å². The highest BCUT2D eigenvalue weighted by Crippen LogP contribution is 2.08. The molecule has 4 heteroatoms. The van der Waals surface area contributed by atoms with Crippen LogP contribution in [0.1, 0.15) is 19.3 Å². The third kappa shape index (κ3) is 4.51. The molecule has 1 aromatic rings. The summed E-state index contributed by atoms with van der Waals surface area (Å²) in [5.41, 5.74) is 0.471. The van der Waals surface area contributed by atoms with E-state index in [0.29, 0.717) is 12.1 Å². The van der Waals surface area contributed by atoms with Gasteiger partial charge < -0.3 is 14.8 Å². The van der Waals surface area contributed by atoms with E-state index in [1.165, 1.54) is 0 Å². The highest BCUT2D eigenvalue weighted by molar-refractivity contribution is 6.58. The molecule has 0 radical (unpaired) electrons. The van der Waals surface area contributed by atoms with E-state index in [4.69, 9.17) is 14.8 Å². The topological polar surface area (TPSA) is 49.7 Å². The minimum absolute atomic E-state index is 0.471. The lowest BCUT2D eigenvalue weighted by Gasteiger charge is -2.06. The van der Waals surface area contributed by atoms with Gasteiger partial charge in [0, 0.05) is 0 Å². The van der Waals surface area contributed by atoms with Crippen LogP contribution < -0.4 is 10.2 Å². The van der Waals surface area contributed by atoms with Crippen LogP contribution in [0.3, 0.4) is 0 Å². The van der Waals surface area contributed by atoms with Gasteiger partial charge in [-0.2, -0.15) is 0 Å². The van der Waals surface area contributed by atoms with Crippen molar-refractivity contribution in [2.24, 2.45) is 0 Å². The Balaban J connectivity index is 2.29. The molecule has 3 nitrogen and oxygen atoms in total. The van der Waals surface area contributed by atoms with Crippen molar-refractivity contribution < 1.29 is 14.8 Å². The lowest BCUT2D eigenvalue weighted by molar-refractivity contribution is 0.307. The molecule has 1 rings (SSSR count). The van der Waals surface area contributed by atoms with Gasteiger partial charge in [0.25, 0.3) is 0 Å². The molecule has 0 aromatic heterocycles. The molecule has 0 heterocycles. The predicted octanol–water partition coefficient (Wildman–Crippen LogP) is 1.10. The van der Waals surface area contributed by atoms with E-state index in [1.807, 2.05) is 6.08 Å². The zero-order valence-corrected chi connectivity index (χ0v) is 9.30. The number of ether oxygens (including phenoxy) is 1. The summed E-state index contributed by atoms with van der Waals surface area (Å²) < 4.78 is 5.49. The molecule has 0 aliphatic rings. The van der Waals surface area contributed by atoms with Gasteiger partial charge in [0.05, 0.1) is 6.61 Å². The lowest BCUT2D eigenvalue weighted by Crippen LogP contribution is -2.29. The van der Waals surface area contributed by atoms with E-state index in [9.17, 15) is 0 Å². The molecule has 1 aromatic carbocycles. The van der Waals surface area contributed by atoms with E-state index < -0.39 is 7.12 Å². The van der Waals surface area contributed by atoms with E-state index in [-0.39, 0.29) is 0 Å². The maximum Gasteiger partial charge on any atom is 0.488 e. The molecule has 0 saturated carbocycles. The number of rotatable bonds is 7. The average molecular weight is 220 g/mol. The van der Waals surface area contributed by atoms with Crippen LogP contribution in [-0.4, -0.2) is 23.8 Å². The Morgan fingerprint density at radius 1 is 1.19 bits per heavy atom. The van der Waals surface area contributed by atoms with Gasteiger partial charge in [-0.05, 0) is 36.9 Å². The first-order valence-corrected chi connectivity index (χ1v) is 5.44. The maximum atomic E-state index is 8.89. The Morgan fingerprint density at radius 2 is 1.88 bits per heavy atom. The summed E-state index contributed by atoms with van der Waals surface area (Å²) in [6, 6.07) is 6.76. The molecule has 0 fully saturated rings. The fraction of sp³-hybridized carbons (Fsp3) is 0.333. The molecule has 0 spiro atoms. The first kappa shape index (κ1) is 12.8. The van der Waals surface area contributed by atoms with E-state index >= 15 is 0 Å². The molecule has 86 valence electrons. The van der Waals surface area contributed by atoms with Crippen molar-refractivity contribution in [3.05, 3.63) is 36.9 Å². The summed E-state index contributed by atoms with van der Waals surface area (Å²) in [4.78, 5) is 0. The van der Waals surface area contributed by atoms with Crippen LogP contribution >= 0.6 is 0 Å². The largest absolute Gasteiger partial charge is 0.494 e. The van der Waals surface area contributed by atoms with Crippen LogP contribution in [0.4, 0.5) is 0 Å². The van der Waals surface area contributed by atoms with Gasteiger partial charge in [0.2, 0.25) is 0 Å². The van der Waals surface area contributed by atoms with Crippen LogP contribution in [0.2, 0.25) is 0 Å². The van der Waals surface area contributed by atoms with Crippen molar-refractivity contribution in [2.45, 2.75) is 19.3 Å². The molecular formula is C12H17BO3. The number of hydrogen-bond acceptors (Lipinski definition) is 3. The first-order chi connectivity index (χ1) is 7.74. The average Bonchev–Trinajstić information content (AvgIpc) is 2.29. The molecule has 0 unspecified atom stereocenters. The Bertz CT molecular complexity index is 309. The molecule has 2 N–H and O–H groups in total. The summed E-state index contributed by atoms with van der Waals surface area (Å²) in [6.07, 6.45) is 4.99. The second-order valence-electron chi connectivity index (χ2n) is 3.58. The standard InChI is InChI=1S/C12H17BO3/c1-2-3-4-5-10-16-12-8-6-11(7-9-12)13(14)15/h2,6-9,14-15H,1,3-5,10H2. The maximum absolute atomic E-state index is 8.89. The normalized spacial score (nSPS) is 9.88. The van der Waals surface area contributed by atoms with Gasteiger partial charge in [-0.1, -0.05) is 18.2 Å². The summed E-state index contributed by atoms with van der Waals surface area (Å²) in [6.45, 7) is 4.33. The third-order valence-corrected chi connectivity index (χ3v) is 2.25. The Hall–Kier alpha value is -1.26. The summed E-state index contributed by atoms with van der Waals surface area (Å²) in [7, 11) is -1.42. The number of unbranched alkanes of at least 4 members (excludes halogenated alkanes) is 2. The van der Waals surface area contributed by atoms with Crippen LogP contribution in [0.15, 0.2) is 36.9 Å². The molecule has 0 amide bonds. The van der Waals surface area contributed by atoms with Crippen LogP contribution in [0.5, 0.6) is 5.75 Å². The quantitative estimate of drug-likeness (QED) is 0.411.